The number of hydrogen-bond donors (Lipinski definition) is 1. The molecule has 0 bridgehead atoms. The fourth-order valence-corrected chi connectivity index (χ4v) is 4.60. The van der Waals surface area contributed by atoms with Crippen LogP contribution in [0.15, 0.2) is 72.5 Å². The minimum absolute atomic E-state index is 0. The van der Waals surface area contributed by atoms with Gasteiger partial charge in [0.15, 0.2) is 0 Å². The van der Waals surface area contributed by atoms with E-state index in [1.807, 2.05) is 12.1 Å². The number of aliphatic hydroxyl groups is 1. The number of carbonyl (C=O) groups excluding carboxylic acids is 1. The van der Waals surface area contributed by atoms with E-state index in [1.165, 1.54) is 35.6 Å². The summed E-state index contributed by atoms with van der Waals surface area (Å²) in [6.07, 6.45) is 1.28. The Morgan fingerprint density at radius 1 is 1.06 bits per heavy atom. The third kappa shape index (κ3) is 6.23. The second-order valence-electron chi connectivity index (χ2n) is 7.37. The fraction of sp³-hybridized carbons (Fsp3) is 0.111. The predicted molar refractivity (Wildman–Crippen MR) is 131 cm³/mol. The molecule has 2 N–H and O–H groups in total. The van der Waals surface area contributed by atoms with Crippen LogP contribution in [0.2, 0.25) is 0 Å². The largest absolute Gasteiger partial charge is 0.512 e. The molecule has 2 heterocycles. The molecule has 0 saturated heterocycles. The first-order chi connectivity index (χ1) is 14.9. The average molecular weight is 706 g/mol. The van der Waals surface area contributed by atoms with E-state index in [9.17, 15) is 0 Å². The zero-order valence-corrected chi connectivity index (χ0v) is 24.6. The SMILES string of the molecule is CC(=[OH+])C=C(C)O.Cc1cccc2nc(-c3[c-]c4ccccc4s3)c3ccc[c-]c3c12.[Ir].[Y]. The second kappa shape index (κ2) is 12.1. The van der Waals surface area contributed by atoms with Crippen LogP contribution in [0.1, 0.15) is 19.4 Å². The van der Waals surface area contributed by atoms with Gasteiger partial charge in [0, 0.05) is 58.3 Å². The van der Waals surface area contributed by atoms with Gasteiger partial charge in [-0.1, -0.05) is 35.2 Å². The first kappa shape index (κ1) is 27.5. The molecule has 5 aromatic rings. The van der Waals surface area contributed by atoms with Gasteiger partial charge in [0.1, 0.15) is 0 Å². The molecule has 33 heavy (non-hydrogen) atoms. The van der Waals surface area contributed by atoms with Crippen LogP contribution in [0.4, 0.5) is 0 Å². The third-order valence-electron chi connectivity index (χ3n) is 4.82. The Hall–Kier alpha value is -1.75. The zero-order chi connectivity index (χ0) is 22.0. The zero-order valence-electron chi connectivity index (χ0n) is 18.5. The molecule has 0 aliphatic heterocycles. The summed E-state index contributed by atoms with van der Waals surface area (Å²) in [5.74, 6) is 0.250. The van der Waals surface area contributed by atoms with Crippen molar-refractivity contribution in [1.82, 2.24) is 4.98 Å². The minimum Gasteiger partial charge on any atom is -0.512 e. The number of rotatable bonds is 2. The molecule has 3 aromatic carbocycles. The Kier molecular flexibility index (Phi) is 10.1. The van der Waals surface area contributed by atoms with Crippen LogP contribution in [0.25, 0.3) is 42.3 Å². The van der Waals surface area contributed by atoms with Crippen molar-refractivity contribution in [3.63, 3.8) is 0 Å². The molecule has 0 aliphatic rings. The predicted octanol–water partition coefficient (Wildman–Crippen LogP) is 7.19. The molecule has 6 heteroatoms. The summed E-state index contributed by atoms with van der Waals surface area (Å²) in [6.45, 7) is 5.13. The molecule has 5 rings (SSSR count). The van der Waals surface area contributed by atoms with Crippen molar-refractivity contribution in [3.8, 4) is 10.6 Å². The molecule has 0 unspecified atom stereocenters. The molecular weight excluding hydrogens is 683 g/mol. The number of ketones is 1. The third-order valence-corrected chi connectivity index (χ3v) is 5.90. The molecule has 0 spiro atoms. The Balaban J connectivity index is 0.000000379. The van der Waals surface area contributed by atoms with E-state index in [0.29, 0.717) is 0 Å². The molecular formula is C27H22IrNO2SY-. The molecule has 166 valence electrons. The summed E-state index contributed by atoms with van der Waals surface area (Å²) >= 11 is 1.75. The Bertz CT molecular complexity index is 1420. The van der Waals surface area contributed by atoms with Crippen molar-refractivity contribution < 1.29 is 62.7 Å². The van der Waals surface area contributed by atoms with Crippen molar-refractivity contribution in [2.45, 2.75) is 20.8 Å². The quantitative estimate of drug-likeness (QED) is 0.0696. The maximum absolute atomic E-state index is 8.40. The number of thiophene rings is 1. The van der Waals surface area contributed by atoms with Crippen LogP contribution >= 0.6 is 11.3 Å². The van der Waals surface area contributed by atoms with E-state index in [-0.39, 0.29) is 64.4 Å². The molecule has 3 nitrogen and oxygen atoms in total. The van der Waals surface area contributed by atoms with Crippen LogP contribution in [-0.4, -0.2) is 20.7 Å². The number of benzene rings is 3. The second-order valence-corrected chi connectivity index (χ2v) is 8.42. The van der Waals surface area contributed by atoms with Gasteiger partial charge in [0.2, 0.25) is 0 Å². The van der Waals surface area contributed by atoms with Gasteiger partial charge in [0.05, 0.1) is 18.8 Å². The number of aryl methyl sites for hydroxylation is 1. The maximum atomic E-state index is 8.40. The van der Waals surface area contributed by atoms with Gasteiger partial charge in [0.25, 0.3) is 0 Å². The number of allylic oxidation sites excluding steroid dienone is 2. The van der Waals surface area contributed by atoms with Crippen molar-refractivity contribution in [2.75, 3.05) is 0 Å². The minimum atomic E-state index is 0. The van der Waals surface area contributed by atoms with Gasteiger partial charge >= 0.3 is 5.78 Å². The van der Waals surface area contributed by atoms with Gasteiger partial charge in [-0.2, -0.15) is 0 Å². The van der Waals surface area contributed by atoms with Gasteiger partial charge in [-0.25, -0.2) is 11.3 Å². The molecule has 0 saturated carbocycles. The molecule has 2 aromatic heterocycles. The summed E-state index contributed by atoms with van der Waals surface area (Å²) in [4.78, 5) is 14.5. The Labute approximate surface area is 236 Å². The number of nitrogens with zero attached hydrogens (tertiary/aromatic N) is 1. The van der Waals surface area contributed by atoms with E-state index < -0.39 is 0 Å². The summed E-state index contributed by atoms with van der Waals surface area (Å²) in [6, 6.07) is 27.8. The van der Waals surface area contributed by atoms with Crippen LogP contribution < -0.4 is 0 Å². The molecule has 2 radical (unpaired) electrons. The van der Waals surface area contributed by atoms with E-state index >= 15 is 0 Å². The summed E-state index contributed by atoms with van der Waals surface area (Å²) in [7, 11) is 0. The monoisotopic (exact) mass is 706 g/mol. The molecule has 0 atom stereocenters. The first-order valence-corrected chi connectivity index (χ1v) is 10.8. The normalized spacial score (nSPS) is 10.8. The topological polar surface area (TPSA) is 54.5 Å². The maximum Gasteiger partial charge on any atom is 0.316 e. The molecule has 0 aliphatic carbocycles. The summed E-state index contributed by atoms with van der Waals surface area (Å²) < 4.78 is 1.24. The van der Waals surface area contributed by atoms with Crippen LogP contribution in [-0.2, 0) is 52.8 Å². The van der Waals surface area contributed by atoms with Crippen molar-refractivity contribution in [3.05, 3.63) is 90.2 Å². The number of fused-ring (bicyclic) bond motifs is 4. The van der Waals surface area contributed by atoms with Crippen molar-refractivity contribution >= 4 is 48.9 Å². The molecule has 0 fully saturated rings. The molecule has 0 amide bonds. The van der Waals surface area contributed by atoms with E-state index in [2.05, 4.69) is 67.6 Å². The van der Waals surface area contributed by atoms with E-state index in [4.69, 9.17) is 14.9 Å². The number of aromatic nitrogens is 1. The fourth-order valence-electron chi connectivity index (χ4n) is 3.59. The number of pyridine rings is 1. The van der Waals surface area contributed by atoms with E-state index in [1.54, 1.807) is 11.3 Å². The number of hydrogen-bond acceptors (Lipinski definition) is 3. The smallest absolute Gasteiger partial charge is 0.316 e. The van der Waals surface area contributed by atoms with Gasteiger partial charge < -0.3 is 10.1 Å². The van der Waals surface area contributed by atoms with Gasteiger partial charge in [-0.3, -0.25) is 4.79 Å². The van der Waals surface area contributed by atoms with Crippen LogP contribution in [0.5, 0.6) is 0 Å². The van der Waals surface area contributed by atoms with Crippen LogP contribution in [0, 0.1) is 19.1 Å². The Morgan fingerprint density at radius 2 is 1.82 bits per heavy atom. The Morgan fingerprint density at radius 3 is 2.48 bits per heavy atom. The summed E-state index contributed by atoms with van der Waals surface area (Å²) in [5, 5.41) is 13.0. The summed E-state index contributed by atoms with van der Waals surface area (Å²) in [5.41, 5.74) is 3.26. The van der Waals surface area contributed by atoms with Crippen molar-refractivity contribution in [1.29, 1.82) is 0 Å². The average Bonchev–Trinajstić information content (AvgIpc) is 3.17. The standard InChI is InChI=1S/C22H13NS.C5H8O2.Ir.Y/c1-14-7-6-11-18-21(14)16-9-3-4-10-17(16)22(23-18)20-13-15-8-2-5-12-19(15)24-20;1-4(6)3-5(2)7;;/h2-8,10-12H,1H3;3,6H,1-2H3;;/q-2;;;/p+1. The first-order valence-electron chi connectivity index (χ1n) is 9.95. The number of aliphatic hydroxyl groups excluding tert-OH is 1. The van der Waals surface area contributed by atoms with E-state index in [0.717, 1.165) is 32.2 Å². The van der Waals surface area contributed by atoms with Crippen molar-refractivity contribution in [2.24, 2.45) is 0 Å². The van der Waals surface area contributed by atoms with Gasteiger partial charge in [-0.05, 0) is 35.2 Å². The van der Waals surface area contributed by atoms with Gasteiger partial charge in [-0.15, -0.1) is 58.6 Å². The van der Waals surface area contributed by atoms with Crippen LogP contribution in [0.3, 0.4) is 0 Å².